The van der Waals surface area contributed by atoms with Crippen molar-refractivity contribution in [2.45, 2.75) is 6.92 Å². The van der Waals surface area contributed by atoms with Gasteiger partial charge in [-0.05, 0) is 24.6 Å². The molecule has 0 atom stereocenters. The molecule has 1 aromatic carbocycles. The summed E-state index contributed by atoms with van der Waals surface area (Å²) in [5.41, 5.74) is 7.63. The summed E-state index contributed by atoms with van der Waals surface area (Å²) in [7, 11) is 0. The van der Waals surface area contributed by atoms with Crippen LogP contribution < -0.4 is 11.1 Å². The van der Waals surface area contributed by atoms with Gasteiger partial charge in [0, 0.05) is 11.8 Å². The Morgan fingerprint density at radius 1 is 1.40 bits per heavy atom. The van der Waals surface area contributed by atoms with Crippen molar-refractivity contribution in [2.24, 2.45) is 0 Å². The number of hydrogen-bond acceptors (Lipinski definition) is 4. The van der Waals surface area contributed by atoms with E-state index < -0.39 is 0 Å². The van der Waals surface area contributed by atoms with Crippen molar-refractivity contribution >= 4 is 17.5 Å². The minimum absolute atomic E-state index is 0.403. The number of nitrogens with zero attached hydrogens (tertiary/aromatic N) is 2. The SMILES string of the molecule is Cc1cccc(Nc2n[c]cc(N)n2)c1. The first-order chi connectivity index (χ1) is 7.24. The van der Waals surface area contributed by atoms with Crippen molar-refractivity contribution in [2.75, 3.05) is 11.1 Å². The van der Waals surface area contributed by atoms with Gasteiger partial charge in [-0.15, -0.1) is 0 Å². The van der Waals surface area contributed by atoms with E-state index in [1.165, 1.54) is 11.6 Å². The summed E-state index contributed by atoms with van der Waals surface area (Å²) >= 11 is 0. The Morgan fingerprint density at radius 2 is 2.27 bits per heavy atom. The summed E-state index contributed by atoms with van der Waals surface area (Å²) in [5.74, 6) is 0.862. The number of anilines is 3. The number of hydrogen-bond donors (Lipinski definition) is 2. The third-order valence-corrected chi connectivity index (χ3v) is 1.89. The number of nitrogens with one attached hydrogen (secondary N) is 1. The Bertz CT molecular complexity index is 424. The molecule has 0 bridgehead atoms. The van der Waals surface area contributed by atoms with Gasteiger partial charge in [0.2, 0.25) is 5.95 Å². The zero-order valence-electron chi connectivity index (χ0n) is 8.36. The van der Waals surface area contributed by atoms with E-state index >= 15 is 0 Å². The highest BCUT2D eigenvalue weighted by molar-refractivity contribution is 5.54. The standard InChI is InChI=1S/C11H11N4/c1-8-3-2-4-9(7-8)14-11-13-6-5-10(12)15-11/h2-5,7H,1H3,(H3,12,13,14,15). The average Bonchev–Trinajstić information content (AvgIpc) is 2.17. The summed E-state index contributed by atoms with van der Waals surface area (Å²) in [5, 5.41) is 3.05. The van der Waals surface area contributed by atoms with Gasteiger partial charge in [-0.2, -0.15) is 4.98 Å². The summed E-state index contributed by atoms with van der Waals surface area (Å²) < 4.78 is 0. The number of nitrogen functional groups attached to an aromatic ring is 1. The molecule has 0 unspecified atom stereocenters. The lowest BCUT2D eigenvalue weighted by molar-refractivity contribution is 1.16. The first-order valence-electron chi connectivity index (χ1n) is 4.58. The quantitative estimate of drug-likeness (QED) is 0.775. The molecule has 1 heterocycles. The van der Waals surface area contributed by atoms with E-state index in [1.807, 2.05) is 31.2 Å². The van der Waals surface area contributed by atoms with Crippen molar-refractivity contribution in [3.05, 3.63) is 42.1 Å². The van der Waals surface area contributed by atoms with E-state index in [0.29, 0.717) is 11.8 Å². The van der Waals surface area contributed by atoms with E-state index in [2.05, 4.69) is 21.5 Å². The molecule has 75 valence electrons. The maximum absolute atomic E-state index is 5.52. The average molecular weight is 199 g/mol. The van der Waals surface area contributed by atoms with Gasteiger partial charge in [0.25, 0.3) is 0 Å². The van der Waals surface area contributed by atoms with Crippen LogP contribution in [0.3, 0.4) is 0 Å². The fourth-order valence-corrected chi connectivity index (χ4v) is 1.25. The molecule has 3 N–H and O–H groups in total. The van der Waals surface area contributed by atoms with E-state index in [1.54, 1.807) is 0 Å². The zero-order chi connectivity index (χ0) is 10.7. The van der Waals surface area contributed by atoms with Crippen LogP contribution in [0.25, 0.3) is 0 Å². The second-order valence-electron chi connectivity index (χ2n) is 3.24. The lowest BCUT2D eigenvalue weighted by Gasteiger charge is -2.04. The molecule has 0 saturated heterocycles. The van der Waals surface area contributed by atoms with Crippen LogP contribution in [-0.4, -0.2) is 9.97 Å². The molecular weight excluding hydrogens is 188 g/mol. The number of benzene rings is 1. The molecule has 4 nitrogen and oxygen atoms in total. The van der Waals surface area contributed by atoms with Gasteiger partial charge in [0.1, 0.15) is 5.82 Å². The highest BCUT2D eigenvalue weighted by atomic mass is 15.1. The van der Waals surface area contributed by atoms with Gasteiger partial charge < -0.3 is 11.1 Å². The molecule has 1 aromatic heterocycles. The Morgan fingerprint density at radius 3 is 3.00 bits per heavy atom. The van der Waals surface area contributed by atoms with Crippen LogP contribution in [0.15, 0.2) is 30.3 Å². The van der Waals surface area contributed by atoms with Gasteiger partial charge in [-0.1, -0.05) is 12.1 Å². The molecule has 0 aliphatic rings. The molecule has 0 fully saturated rings. The fraction of sp³-hybridized carbons (Fsp3) is 0.0909. The fourth-order valence-electron chi connectivity index (χ4n) is 1.25. The van der Waals surface area contributed by atoms with Crippen LogP contribution in [0.5, 0.6) is 0 Å². The number of aryl methyl sites for hydroxylation is 1. The van der Waals surface area contributed by atoms with Crippen LogP contribution in [0, 0.1) is 13.1 Å². The predicted molar refractivity (Wildman–Crippen MR) is 59.7 cm³/mol. The van der Waals surface area contributed by atoms with Gasteiger partial charge in [0.05, 0.1) is 6.20 Å². The Balaban J connectivity index is 2.22. The van der Waals surface area contributed by atoms with E-state index in [-0.39, 0.29) is 0 Å². The first-order valence-corrected chi connectivity index (χ1v) is 4.58. The highest BCUT2D eigenvalue weighted by Crippen LogP contribution is 2.14. The number of aromatic nitrogens is 2. The van der Waals surface area contributed by atoms with E-state index in [9.17, 15) is 0 Å². The lowest BCUT2D eigenvalue weighted by atomic mass is 10.2. The lowest BCUT2D eigenvalue weighted by Crippen LogP contribution is -1.99. The summed E-state index contributed by atoms with van der Waals surface area (Å²) in [6.45, 7) is 2.03. The van der Waals surface area contributed by atoms with Crippen molar-refractivity contribution in [1.82, 2.24) is 9.97 Å². The van der Waals surface area contributed by atoms with E-state index in [4.69, 9.17) is 5.73 Å². The Hall–Kier alpha value is -2.10. The summed E-state index contributed by atoms with van der Waals surface area (Å²) in [6.07, 6.45) is 2.66. The molecule has 2 rings (SSSR count). The third kappa shape index (κ3) is 2.43. The molecule has 0 spiro atoms. The summed E-state index contributed by atoms with van der Waals surface area (Å²) in [4.78, 5) is 7.96. The molecule has 0 amide bonds. The molecule has 0 aliphatic carbocycles. The van der Waals surface area contributed by atoms with Crippen LogP contribution in [0.2, 0.25) is 0 Å². The van der Waals surface area contributed by atoms with Gasteiger partial charge in [-0.25, -0.2) is 4.98 Å². The monoisotopic (exact) mass is 199 g/mol. The first kappa shape index (κ1) is 9.45. The minimum atomic E-state index is 0.403. The normalized spacial score (nSPS) is 9.93. The van der Waals surface area contributed by atoms with Crippen molar-refractivity contribution in [1.29, 1.82) is 0 Å². The van der Waals surface area contributed by atoms with E-state index in [0.717, 1.165) is 5.69 Å². The van der Waals surface area contributed by atoms with Gasteiger partial charge >= 0.3 is 0 Å². The molecule has 0 aliphatic heterocycles. The van der Waals surface area contributed by atoms with Gasteiger partial charge in [0.15, 0.2) is 0 Å². The van der Waals surface area contributed by atoms with Crippen molar-refractivity contribution < 1.29 is 0 Å². The predicted octanol–water partition coefficient (Wildman–Crippen LogP) is 1.91. The zero-order valence-corrected chi connectivity index (χ0v) is 8.36. The topological polar surface area (TPSA) is 63.8 Å². The minimum Gasteiger partial charge on any atom is -0.384 e. The van der Waals surface area contributed by atoms with Gasteiger partial charge in [-0.3, -0.25) is 0 Å². The largest absolute Gasteiger partial charge is 0.384 e. The van der Waals surface area contributed by atoms with Crippen LogP contribution >= 0.6 is 0 Å². The second kappa shape index (κ2) is 3.96. The Kier molecular flexibility index (Phi) is 2.49. The molecule has 4 heteroatoms. The van der Waals surface area contributed by atoms with Crippen LogP contribution in [0.1, 0.15) is 5.56 Å². The van der Waals surface area contributed by atoms with Crippen molar-refractivity contribution in [3.63, 3.8) is 0 Å². The molecule has 1 radical (unpaired) electrons. The Labute approximate surface area is 88.2 Å². The van der Waals surface area contributed by atoms with Crippen LogP contribution in [-0.2, 0) is 0 Å². The second-order valence-corrected chi connectivity index (χ2v) is 3.24. The molecule has 2 aromatic rings. The van der Waals surface area contributed by atoms with Crippen LogP contribution in [0.4, 0.5) is 17.5 Å². The molecule has 15 heavy (non-hydrogen) atoms. The highest BCUT2D eigenvalue weighted by Gasteiger charge is 1.97. The molecule has 0 saturated carbocycles. The maximum Gasteiger partial charge on any atom is 0.229 e. The smallest absolute Gasteiger partial charge is 0.229 e. The number of nitrogens with two attached hydrogens (primary N) is 1. The maximum atomic E-state index is 5.52. The third-order valence-electron chi connectivity index (χ3n) is 1.89. The molecular formula is C11H11N4. The van der Waals surface area contributed by atoms with Crippen molar-refractivity contribution in [3.8, 4) is 0 Å². The number of rotatable bonds is 2. The summed E-state index contributed by atoms with van der Waals surface area (Å²) in [6, 6.07) is 9.47.